The molecule has 0 radical (unpaired) electrons. The second kappa shape index (κ2) is 7.24. The molecule has 0 aliphatic rings. The Kier molecular flexibility index (Phi) is 5.95. The smallest absolute Gasteiger partial charge is 0.255 e. The third kappa shape index (κ3) is 4.20. The number of aromatic hydroxyl groups is 1. The lowest BCUT2D eigenvalue weighted by atomic mass is 10.1. The third-order valence-electron chi connectivity index (χ3n) is 2.68. The van der Waals surface area contributed by atoms with Crippen molar-refractivity contribution in [3.8, 4) is 5.75 Å². The van der Waals surface area contributed by atoms with E-state index in [0.29, 0.717) is 17.1 Å². The minimum atomic E-state index is -0.208. The molecule has 1 amide bonds. The second-order valence-corrected chi connectivity index (χ2v) is 4.58. The Hall–Kier alpha value is -1.26. The van der Waals surface area contributed by atoms with Crippen molar-refractivity contribution in [1.29, 1.82) is 0 Å². The molecule has 0 unspecified atom stereocenters. The molecular weight excluding hydrogens is 254 g/mol. The maximum absolute atomic E-state index is 12.1. The molecule has 0 saturated carbocycles. The first-order valence-corrected chi connectivity index (χ1v) is 6.29. The third-order valence-corrected chi connectivity index (χ3v) is 3.01. The maximum Gasteiger partial charge on any atom is 0.255 e. The van der Waals surface area contributed by atoms with E-state index in [1.54, 1.807) is 11.9 Å². The van der Waals surface area contributed by atoms with Crippen LogP contribution in [0.3, 0.4) is 0 Å². The minimum Gasteiger partial charge on any atom is -0.508 e. The van der Waals surface area contributed by atoms with E-state index in [-0.39, 0.29) is 18.3 Å². The Labute approximate surface area is 112 Å². The van der Waals surface area contributed by atoms with Crippen LogP contribution in [0.5, 0.6) is 5.75 Å². The largest absolute Gasteiger partial charge is 0.508 e. The number of carbonyl (C=O) groups is 1. The summed E-state index contributed by atoms with van der Waals surface area (Å²) in [5.74, 6) is -0.184. The topological polar surface area (TPSA) is 60.8 Å². The number of hydrogen-bond acceptors (Lipinski definition) is 3. The molecule has 0 heterocycles. The van der Waals surface area contributed by atoms with Crippen molar-refractivity contribution in [3.05, 3.63) is 28.8 Å². The molecule has 2 N–H and O–H groups in total. The molecule has 100 valence electrons. The fourth-order valence-electron chi connectivity index (χ4n) is 1.62. The zero-order chi connectivity index (χ0) is 13.5. The van der Waals surface area contributed by atoms with Gasteiger partial charge in [-0.15, -0.1) is 0 Å². The molecule has 0 aliphatic carbocycles. The van der Waals surface area contributed by atoms with E-state index in [2.05, 4.69) is 0 Å². The van der Waals surface area contributed by atoms with E-state index in [1.165, 1.54) is 18.2 Å². The van der Waals surface area contributed by atoms with E-state index in [9.17, 15) is 9.90 Å². The van der Waals surface area contributed by atoms with Gasteiger partial charge in [-0.25, -0.2) is 0 Å². The van der Waals surface area contributed by atoms with Gasteiger partial charge in [0.1, 0.15) is 5.75 Å². The molecule has 0 spiro atoms. The van der Waals surface area contributed by atoms with Crippen molar-refractivity contribution in [2.24, 2.45) is 0 Å². The van der Waals surface area contributed by atoms with Crippen LogP contribution in [0.2, 0.25) is 5.02 Å². The lowest BCUT2D eigenvalue weighted by molar-refractivity contribution is 0.0792. The van der Waals surface area contributed by atoms with Crippen LogP contribution < -0.4 is 0 Å². The van der Waals surface area contributed by atoms with Crippen molar-refractivity contribution >= 4 is 17.5 Å². The molecule has 18 heavy (non-hydrogen) atoms. The number of carbonyl (C=O) groups excluding carboxylic acids is 1. The Balaban J connectivity index is 2.60. The van der Waals surface area contributed by atoms with Crippen molar-refractivity contribution in [2.75, 3.05) is 20.2 Å². The van der Waals surface area contributed by atoms with E-state index >= 15 is 0 Å². The molecule has 0 bridgehead atoms. The predicted molar refractivity (Wildman–Crippen MR) is 71.0 cm³/mol. The van der Waals surface area contributed by atoms with Crippen LogP contribution in [0, 0.1) is 0 Å². The highest BCUT2D eigenvalue weighted by Gasteiger charge is 2.15. The van der Waals surface area contributed by atoms with Gasteiger partial charge in [-0.05, 0) is 37.5 Å². The fraction of sp³-hybridized carbons (Fsp3) is 0.462. The van der Waals surface area contributed by atoms with Crippen LogP contribution in [-0.2, 0) is 0 Å². The molecule has 0 aliphatic heterocycles. The number of phenols is 1. The molecular formula is C13H18ClNO3. The number of halogens is 1. The zero-order valence-corrected chi connectivity index (χ0v) is 11.2. The molecule has 1 aromatic rings. The molecule has 0 saturated heterocycles. The van der Waals surface area contributed by atoms with Gasteiger partial charge in [0, 0.05) is 20.2 Å². The fourth-order valence-corrected chi connectivity index (χ4v) is 1.82. The summed E-state index contributed by atoms with van der Waals surface area (Å²) in [5, 5.41) is 18.4. The summed E-state index contributed by atoms with van der Waals surface area (Å²) >= 11 is 5.93. The Bertz CT molecular complexity index is 409. The zero-order valence-electron chi connectivity index (χ0n) is 10.4. The summed E-state index contributed by atoms with van der Waals surface area (Å²) in [6, 6.07) is 4.32. The Morgan fingerprint density at radius 1 is 1.33 bits per heavy atom. The number of amides is 1. The highest BCUT2D eigenvalue weighted by Crippen LogP contribution is 2.22. The van der Waals surface area contributed by atoms with Crippen molar-refractivity contribution in [2.45, 2.75) is 19.3 Å². The van der Waals surface area contributed by atoms with Gasteiger partial charge in [0.05, 0.1) is 10.6 Å². The van der Waals surface area contributed by atoms with Crippen molar-refractivity contribution < 1.29 is 15.0 Å². The van der Waals surface area contributed by atoms with Gasteiger partial charge >= 0.3 is 0 Å². The monoisotopic (exact) mass is 271 g/mol. The molecule has 1 aromatic carbocycles. The first kappa shape index (κ1) is 14.8. The van der Waals surface area contributed by atoms with E-state index in [1.807, 2.05) is 0 Å². The lowest BCUT2D eigenvalue weighted by Crippen LogP contribution is -2.28. The van der Waals surface area contributed by atoms with Gasteiger partial charge in [-0.1, -0.05) is 11.6 Å². The summed E-state index contributed by atoms with van der Waals surface area (Å²) in [5.41, 5.74) is 0.307. The van der Waals surface area contributed by atoms with Crippen LogP contribution in [0.4, 0.5) is 0 Å². The lowest BCUT2D eigenvalue weighted by Gasteiger charge is -2.17. The highest BCUT2D eigenvalue weighted by molar-refractivity contribution is 6.33. The van der Waals surface area contributed by atoms with E-state index in [0.717, 1.165) is 19.3 Å². The number of aliphatic hydroxyl groups is 1. The quantitative estimate of drug-likeness (QED) is 0.781. The Morgan fingerprint density at radius 3 is 2.72 bits per heavy atom. The van der Waals surface area contributed by atoms with Gasteiger partial charge in [-0.3, -0.25) is 4.79 Å². The van der Waals surface area contributed by atoms with Crippen molar-refractivity contribution in [1.82, 2.24) is 4.90 Å². The number of benzene rings is 1. The number of rotatable bonds is 6. The van der Waals surface area contributed by atoms with Crippen LogP contribution in [0.25, 0.3) is 0 Å². The summed E-state index contributed by atoms with van der Waals surface area (Å²) < 4.78 is 0. The first-order chi connectivity index (χ1) is 8.56. The van der Waals surface area contributed by atoms with Gasteiger partial charge in [0.25, 0.3) is 5.91 Å². The summed E-state index contributed by atoms with van der Waals surface area (Å²) in [6.45, 7) is 0.779. The molecule has 0 aromatic heterocycles. The summed E-state index contributed by atoms with van der Waals surface area (Å²) in [7, 11) is 1.70. The molecule has 0 fully saturated rings. The van der Waals surface area contributed by atoms with Gasteiger partial charge < -0.3 is 15.1 Å². The molecule has 4 nitrogen and oxygen atoms in total. The SMILES string of the molecule is CN(CCCCCO)C(=O)c1cc(O)ccc1Cl. The van der Waals surface area contributed by atoms with Crippen LogP contribution in [0.1, 0.15) is 29.6 Å². The number of phenolic OH excluding ortho intramolecular Hbond substituents is 1. The maximum atomic E-state index is 12.1. The van der Waals surface area contributed by atoms with Gasteiger partial charge in [0.2, 0.25) is 0 Å². The number of unbranched alkanes of at least 4 members (excludes halogenated alkanes) is 2. The minimum absolute atomic E-state index is 0.0245. The van der Waals surface area contributed by atoms with E-state index in [4.69, 9.17) is 16.7 Å². The normalized spacial score (nSPS) is 10.4. The first-order valence-electron chi connectivity index (χ1n) is 5.91. The van der Waals surface area contributed by atoms with Crippen LogP contribution in [0.15, 0.2) is 18.2 Å². The number of hydrogen-bond donors (Lipinski definition) is 2. The average molecular weight is 272 g/mol. The van der Waals surface area contributed by atoms with Crippen molar-refractivity contribution in [3.63, 3.8) is 0 Å². The van der Waals surface area contributed by atoms with E-state index < -0.39 is 0 Å². The number of nitrogens with zero attached hydrogens (tertiary/aromatic N) is 1. The van der Waals surface area contributed by atoms with Gasteiger partial charge in [-0.2, -0.15) is 0 Å². The number of aliphatic hydroxyl groups excluding tert-OH is 1. The molecule has 1 rings (SSSR count). The van der Waals surface area contributed by atoms with Gasteiger partial charge in [0.15, 0.2) is 0 Å². The molecule has 5 heteroatoms. The summed E-state index contributed by atoms with van der Waals surface area (Å²) in [4.78, 5) is 13.6. The van der Waals surface area contributed by atoms with Crippen LogP contribution in [-0.4, -0.2) is 41.2 Å². The Morgan fingerprint density at radius 2 is 2.06 bits per heavy atom. The molecule has 0 atom stereocenters. The average Bonchev–Trinajstić information content (AvgIpc) is 2.36. The van der Waals surface area contributed by atoms with Crippen LogP contribution >= 0.6 is 11.6 Å². The summed E-state index contributed by atoms with van der Waals surface area (Å²) in [6.07, 6.45) is 2.45. The second-order valence-electron chi connectivity index (χ2n) is 4.18. The predicted octanol–water partition coefficient (Wildman–Crippen LogP) is 2.28. The highest BCUT2D eigenvalue weighted by atomic mass is 35.5. The standard InChI is InChI=1S/C13H18ClNO3/c1-15(7-3-2-4-8-16)13(18)11-9-10(17)5-6-12(11)14/h5-6,9,16-17H,2-4,7-8H2,1H3.